The van der Waals surface area contributed by atoms with Gasteiger partial charge in [0, 0.05) is 0 Å². The highest BCUT2D eigenvalue weighted by Gasteiger charge is 2.45. The second-order valence-electron chi connectivity index (χ2n) is 5.40. The Kier molecular flexibility index (Phi) is 5.79. The Balaban J connectivity index is 2.28. The Bertz CT molecular complexity index is 570. The van der Waals surface area contributed by atoms with Crippen molar-refractivity contribution in [2.24, 2.45) is 0 Å². The van der Waals surface area contributed by atoms with E-state index in [0.717, 1.165) is 5.56 Å². The number of anilines is 1. The van der Waals surface area contributed by atoms with Crippen molar-refractivity contribution in [2.45, 2.75) is 37.5 Å². The van der Waals surface area contributed by atoms with E-state index in [1.807, 2.05) is 0 Å². The number of nitrogens with one attached hydrogen (secondary N) is 1. The van der Waals surface area contributed by atoms with Gasteiger partial charge >= 0.3 is 0 Å². The molecule has 2 rings (SSSR count). The van der Waals surface area contributed by atoms with E-state index in [4.69, 9.17) is 28.9 Å². The number of halogens is 1. The van der Waals surface area contributed by atoms with Crippen LogP contribution in [-0.4, -0.2) is 67.8 Å². The molecule has 5 atom stereocenters. The minimum atomic E-state index is -1.65. The van der Waals surface area contributed by atoms with Crippen molar-refractivity contribution in [3.63, 3.8) is 0 Å². The van der Waals surface area contributed by atoms with Gasteiger partial charge in [0.1, 0.15) is 24.4 Å². The van der Waals surface area contributed by atoms with Gasteiger partial charge < -0.3 is 30.8 Å². The third-order valence-corrected chi connectivity index (χ3v) is 4.44. The lowest BCUT2D eigenvalue weighted by Gasteiger charge is -2.30. The second-order valence-corrected chi connectivity index (χ2v) is 6.19. The first-order chi connectivity index (χ1) is 10.8. The number of hydrogen-bond acceptors (Lipinski definition) is 6. The van der Waals surface area contributed by atoms with Gasteiger partial charge in [-0.15, -0.1) is 0 Å². The van der Waals surface area contributed by atoms with Gasteiger partial charge in [-0.25, -0.2) is 0 Å². The number of benzene rings is 1. The number of aryl methyl sites for hydroxylation is 1. The normalized spacial score (nSPS) is 25.2. The number of para-hydroxylation sites is 1. The molecule has 0 radical (unpaired) electrons. The number of thiocarbonyl (C=S) groups is 1. The lowest BCUT2D eigenvalue weighted by Crippen LogP contribution is -2.53. The summed E-state index contributed by atoms with van der Waals surface area (Å²) in [6.45, 7) is 1.07. The van der Waals surface area contributed by atoms with Gasteiger partial charge in [0.15, 0.2) is 11.3 Å². The predicted octanol–water partition coefficient (Wildman–Crippen LogP) is -0.895. The summed E-state index contributed by atoms with van der Waals surface area (Å²) in [7, 11) is 0. The van der Waals surface area contributed by atoms with E-state index in [1.54, 1.807) is 25.1 Å². The molecule has 1 fully saturated rings. The van der Waals surface area contributed by atoms with Gasteiger partial charge in [0.25, 0.3) is 0 Å². The standard InChI is InChI=1S/C14H19ClN2O5S/c1-6-3-2-4-7(15)10(6)17-13(22)9(16-14(17)23)12(21)11(20)8(19)5-18/h2-4,8-9,11-13,18-22H,5H2,1H3,(H,16,23)/t8-,9-,11-,12+,13-/m1/s1. The molecule has 0 amide bonds. The molecule has 1 aliphatic heterocycles. The van der Waals surface area contributed by atoms with E-state index in [2.05, 4.69) is 5.32 Å². The van der Waals surface area contributed by atoms with Crippen LogP contribution in [0, 0.1) is 6.92 Å². The Hall–Kier alpha value is -1.00. The zero-order chi connectivity index (χ0) is 17.3. The maximum Gasteiger partial charge on any atom is 0.176 e. The van der Waals surface area contributed by atoms with Crippen LogP contribution in [0.2, 0.25) is 5.02 Å². The number of rotatable bonds is 5. The van der Waals surface area contributed by atoms with Crippen molar-refractivity contribution < 1.29 is 25.5 Å². The summed E-state index contributed by atoms with van der Waals surface area (Å²) < 4.78 is 0. The Morgan fingerprint density at radius 3 is 2.57 bits per heavy atom. The monoisotopic (exact) mass is 362 g/mol. The quantitative estimate of drug-likeness (QED) is 0.373. The summed E-state index contributed by atoms with van der Waals surface area (Å²) in [4.78, 5) is 1.35. The number of aliphatic hydroxyl groups is 5. The molecule has 0 unspecified atom stereocenters. The summed E-state index contributed by atoms with van der Waals surface area (Å²) in [6.07, 6.45) is -6.06. The molecule has 1 aromatic rings. The Morgan fingerprint density at radius 2 is 2.00 bits per heavy atom. The van der Waals surface area contributed by atoms with Crippen LogP contribution in [0.25, 0.3) is 0 Å². The molecule has 1 aromatic carbocycles. The third-order valence-electron chi connectivity index (χ3n) is 3.82. The smallest absolute Gasteiger partial charge is 0.176 e. The van der Waals surface area contributed by atoms with Crippen molar-refractivity contribution in [2.75, 3.05) is 11.5 Å². The van der Waals surface area contributed by atoms with Crippen molar-refractivity contribution >= 4 is 34.6 Å². The fourth-order valence-corrected chi connectivity index (χ4v) is 3.19. The molecule has 1 saturated heterocycles. The van der Waals surface area contributed by atoms with Crippen LogP contribution >= 0.6 is 23.8 Å². The van der Waals surface area contributed by atoms with E-state index in [9.17, 15) is 20.4 Å². The fourth-order valence-electron chi connectivity index (χ4n) is 2.54. The van der Waals surface area contributed by atoms with E-state index in [-0.39, 0.29) is 5.11 Å². The zero-order valence-corrected chi connectivity index (χ0v) is 13.9. The molecule has 1 aliphatic rings. The topological polar surface area (TPSA) is 116 Å². The van der Waals surface area contributed by atoms with Crippen LogP contribution in [0.4, 0.5) is 5.69 Å². The van der Waals surface area contributed by atoms with E-state index in [1.165, 1.54) is 4.90 Å². The van der Waals surface area contributed by atoms with Crippen LogP contribution in [-0.2, 0) is 0 Å². The van der Waals surface area contributed by atoms with Gasteiger partial charge in [-0.05, 0) is 30.8 Å². The molecule has 128 valence electrons. The van der Waals surface area contributed by atoms with E-state index in [0.29, 0.717) is 10.7 Å². The molecule has 9 heteroatoms. The highest BCUT2D eigenvalue weighted by molar-refractivity contribution is 7.80. The SMILES string of the molecule is Cc1cccc(Cl)c1N1C(=S)N[C@H]([C@H](O)[C@H](O)[C@H](O)CO)[C@H]1O. The highest BCUT2D eigenvalue weighted by Crippen LogP contribution is 2.34. The third kappa shape index (κ3) is 3.43. The average Bonchev–Trinajstić information content (AvgIpc) is 2.80. The van der Waals surface area contributed by atoms with Crippen LogP contribution in [0.1, 0.15) is 5.56 Å². The molecule has 0 saturated carbocycles. The summed E-state index contributed by atoms with van der Waals surface area (Å²) in [5, 5.41) is 52.0. The molecule has 6 N–H and O–H groups in total. The zero-order valence-electron chi connectivity index (χ0n) is 12.3. The number of nitrogens with zero attached hydrogens (tertiary/aromatic N) is 1. The Morgan fingerprint density at radius 1 is 1.35 bits per heavy atom. The van der Waals surface area contributed by atoms with Gasteiger partial charge in [0.2, 0.25) is 0 Å². The number of hydrogen-bond donors (Lipinski definition) is 6. The van der Waals surface area contributed by atoms with Gasteiger partial charge in [0.05, 0.1) is 17.3 Å². The first-order valence-corrected chi connectivity index (χ1v) is 7.76. The van der Waals surface area contributed by atoms with Crippen LogP contribution in [0.3, 0.4) is 0 Å². The minimum absolute atomic E-state index is 0.128. The van der Waals surface area contributed by atoms with Crippen molar-refractivity contribution in [1.82, 2.24) is 5.32 Å². The largest absolute Gasteiger partial charge is 0.394 e. The summed E-state index contributed by atoms with van der Waals surface area (Å²) in [6, 6.07) is 4.14. The molecule has 0 aromatic heterocycles. The lowest BCUT2D eigenvalue weighted by molar-refractivity contribution is -0.0946. The van der Waals surface area contributed by atoms with Crippen molar-refractivity contribution in [3.8, 4) is 0 Å². The van der Waals surface area contributed by atoms with Gasteiger partial charge in [-0.2, -0.15) is 0 Å². The molecular weight excluding hydrogens is 344 g/mol. The summed E-state index contributed by atoms with van der Waals surface area (Å²) >= 11 is 11.4. The molecular formula is C14H19ClN2O5S. The average molecular weight is 363 g/mol. The molecule has 7 nitrogen and oxygen atoms in total. The predicted molar refractivity (Wildman–Crippen MR) is 89.3 cm³/mol. The molecule has 0 spiro atoms. The molecule has 1 heterocycles. The van der Waals surface area contributed by atoms with Crippen LogP contribution < -0.4 is 10.2 Å². The lowest BCUT2D eigenvalue weighted by atomic mass is 10.0. The van der Waals surface area contributed by atoms with Crippen molar-refractivity contribution in [3.05, 3.63) is 28.8 Å². The van der Waals surface area contributed by atoms with Crippen LogP contribution in [0.5, 0.6) is 0 Å². The molecule has 23 heavy (non-hydrogen) atoms. The maximum absolute atomic E-state index is 10.5. The highest BCUT2D eigenvalue weighted by atomic mass is 35.5. The summed E-state index contributed by atoms with van der Waals surface area (Å²) in [5.74, 6) is 0. The van der Waals surface area contributed by atoms with Gasteiger partial charge in [-0.1, -0.05) is 23.7 Å². The minimum Gasteiger partial charge on any atom is -0.394 e. The number of aliphatic hydroxyl groups excluding tert-OH is 5. The second kappa shape index (κ2) is 7.27. The summed E-state index contributed by atoms with van der Waals surface area (Å²) in [5.41, 5.74) is 1.26. The van der Waals surface area contributed by atoms with E-state index < -0.39 is 37.2 Å². The van der Waals surface area contributed by atoms with E-state index >= 15 is 0 Å². The fraction of sp³-hybridized carbons (Fsp3) is 0.500. The Labute approximate surface area is 143 Å². The van der Waals surface area contributed by atoms with Gasteiger partial charge in [-0.3, -0.25) is 4.90 Å². The maximum atomic E-state index is 10.5. The van der Waals surface area contributed by atoms with Crippen molar-refractivity contribution in [1.29, 1.82) is 0 Å². The van der Waals surface area contributed by atoms with Crippen LogP contribution in [0.15, 0.2) is 18.2 Å². The first-order valence-electron chi connectivity index (χ1n) is 6.97. The molecule has 0 bridgehead atoms. The molecule has 0 aliphatic carbocycles. The first kappa shape index (κ1) is 18.3.